The maximum atomic E-state index is 13.3. The van der Waals surface area contributed by atoms with Crippen LogP contribution in [-0.2, 0) is 6.54 Å². The summed E-state index contributed by atoms with van der Waals surface area (Å²) < 4.78 is 15.0. The van der Waals surface area contributed by atoms with E-state index in [1.54, 1.807) is 53.1 Å². The molecule has 0 aliphatic carbocycles. The number of halogens is 2. The van der Waals surface area contributed by atoms with Crippen molar-refractivity contribution in [3.63, 3.8) is 0 Å². The number of rotatable bonds is 4. The molecule has 29 heavy (non-hydrogen) atoms. The molecule has 2 aromatic heterocycles. The first-order valence-corrected chi connectivity index (χ1v) is 9.36. The van der Waals surface area contributed by atoms with Crippen molar-refractivity contribution in [2.75, 3.05) is 0 Å². The normalized spacial score (nSPS) is 11.0. The largest absolute Gasteiger partial charge is 0.327 e. The van der Waals surface area contributed by atoms with Crippen LogP contribution in [0.5, 0.6) is 0 Å². The molecule has 0 aliphatic rings. The molecule has 4 aromatic rings. The van der Waals surface area contributed by atoms with Gasteiger partial charge in [0.2, 0.25) is 5.43 Å². The van der Waals surface area contributed by atoms with Gasteiger partial charge >= 0.3 is 0 Å². The van der Waals surface area contributed by atoms with E-state index < -0.39 is 0 Å². The van der Waals surface area contributed by atoms with Crippen LogP contribution < -0.4 is 5.43 Å². The molecule has 4 nitrogen and oxygen atoms in total. The molecule has 0 bridgehead atoms. The van der Waals surface area contributed by atoms with Crippen LogP contribution in [0, 0.1) is 12.7 Å². The van der Waals surface area contributed by atoms with Gasteiger partial charge < -0.3 is 4.57 Å². The van der Waals surface area contributed by atoms with Gasteiger partial charge in [-0.2, -0.15) is 0 Å². The smallest absolute Gasteiger partial charge is 0.202 e. The summed E-state index contributed by atoms with van der Waals surface area (Å²) >= 11 is 5.90. The fraction of sp³-hybridized carbons (Fsp3) is 0.0870. The summed E-state index contributed by atoms with van der Waals surface area (Å²) in [5, 5.41) is 0.867. The van der Waals surface area contributed by atoms with Gasteiger partial charge in [-0.15, -0.1) is 0 Å². The van der Waals surface area contributed by atoms with Gasteiger partial charge in [0, 0.05) is 29.0 Å². The van der Waals surface area contributed by atoms with Crippen molar-refractivity contribution in [3.8, 4) is 0 Å². The Bertz CT molecular complexity index is 1280. The van der Waals surface area contributed by atoms with Crippen LogP contribution in [-0.4, -0.2) is 15.3 Å². The number of carbonyl (C=O) groups excluding carboxylic acids is 1. The first-order valence-electron chi connectivity index (χ1n) is 8.98. The number of aryl methyl sites for hydroxylation is 1. The molecule has 0 radical (unpaired) electrons. The van der Waals surface area contributed by atoms with Crippen molar-refractivity contribution >= 4 is 28.4 Å². The summed E-state index contributed by atoms with van der Waals surface area (Å²) in [5.74, 6) is -0.715. The molecular formula is C23H16ClFN2O2. The van der Waals surface area contributed by atoms with E-state index in [9.17, 15) is 14.0 Å². The SMILES string of the molecule is Cc1ccc2c(=O)c(C(=O)c3ccc(Cl)cc3)cn(Cc3ccc(F)cc3)c2n1. The highest BCUT2D eigenvalue weighted by atomic mass is 35.5. The van der Waals surface area contributed by atoms with E-state index >= 15 is 0 Å². The zero-order valence-electron chi connectivity index (χ0n) is 15.5. The van der Waals surface area contributed by atoms with Crippen molar-refractivity contribution in [2.45, 2.75) is 13.5 Å². The molecule has 0 N–H and O–H groups in total. The average molecular weight is 407 g/mol. The van der Waals surface area contributed by atoms with Crippen molar-refractivity contribution < 1.29 is 9.18 Å². The zero-order valence-corrected chi connectivity index (χ0v) is 16.3. The number of benzene rings is 2. The summed E-state index contributed by atoms with van der Waals surface area (Å²) in [6.45, 7) is 2.17. The monoisotopic (exact) mass is 406 g/mol. The number of carbonyl (C=O) groups is 1. The van der Waals surface area contributed by atoms with E-state index in [1.807, 2.05) is 6.92 Å². The summed E-state index contributed by atoms with van der Waals surface area (Å²) in [5.41, 5.74) is 2.10. The molecule has 0 saturated heterocycles. The van der Waals surface area contributed by atoms with E-state index in [1.165, 1.54) is 18.3 Å². The Morgan fingerprint density at radius 1 is 1.03 bits per heavy atom. The summed E-state index contributed by atoms with van der Waals surface area (Å²) in [7, 11) is 0. The van der Waals surface area contributed by atoms with E-state index in [4.69, 9.17) is 11.6 Å². The molecule has 2 aromatic carbocycles. The molecule has 0 fully saturated rings. The Labute approximate surface area is 171 Å². The Kier molecular flexibility index (Phi) is 4.99. The first-order chi connectivity index (χ1) is 13.9. The quantitative estimate of drug-likeness (QED) is 0.458. The van der Waals surface area contributed by atoms with Gasteiger partial charge in [-0.25, -0.2) is 9.37 Å². The highest BCUT2D eigenvalue weighted by Gasteiger charge is 2.18. The molecule has 0 atom stereocenters. The van der Waals surface area contributed by atoms with Crippen molar-refractivity contribution in [3.05, 3.63) is 110 Å². The van der Waals surface area contributed by atoms with Crippen LogP contribution in [0.4, 0.5) is 4.39 Å². The van der Waals surface area contributed by atoms with Crippen molar-refractivity contribution in [1.29, 1.82) is 0 Å². The first kappa shape index (κ1) is 19.0. The van der Waals surface area contributed by atoms with Crippen molar-refractivity contribution in [2.24, 2.45) is 0 Å². The number of hydrogen-bond acceptors (Lipinski definition) is 3. The number of aromatic nitrogens is 2. The minimum Gasteiger partial charge on any atom is -0.327 e. The van der Waals surface area contributed by atoms with Crippen LogP contribution in [0.15, 0.2) is 71.7 Å². The highest BCUT2D eigenvalue weighted by Crippen LogP contribution is 2.17. The van der Waals surface area contributed by atoms with E-state index in [2.05, 4.69) is 4.98 Å². The summed E-state index contributed by atoms with van der Waals surface area (Å²) in [6.07, 6.45) is 1.53. The lowest BCUT2D eigenvalue weighted by atomic mass is 10.0. The zero-order chi connectivity index (χ0) is 20.5. The molecular weight excluding hydrogens is 391 g/mol. The van der Waals surface area contributed by atoms with Gasteiger partial charge in [-0.3, -0.25) is 9.59 Å². The molecule has 0 amide bonds. The highest BCUT2D eigenvalue weighted by molar-refractivity contribution is 6.30. The lowest BCUT2D eigenvalue weighted by Crippen LogP contribution is -2.21. The molecule has 0 saturated carbocycles. The third-order valence-electron chi connectivity index (χ3n) is 4.68. The number of pyridine rings is 2. The van der Waals surface area contributed by atoms with Crippen LogP contribution >= 0.6 is 11.6 Å². The molecule has 2 heterocycles. The third-order valence-corrected chi connectivity index (χ3v) is 4.93. The Hall–Kier alpha value is -3.31. The van der Waals surface area contributed by atoms with Gasteiger partial charge in [-0.05, 0) is 61.0 Å². The van der Waals surface area contributed by atoms with Gasteiger partial charge in [0.1, 0.15) is 11.5 Å². The number of ketones is 1. The maximum Gasteiger partial charge on any atom is 0.202 e. The lowest BCUT2D eigenvalue weighted by Gasteiger charge is -2.13. The minimum atomic E-state index is -0.387. The number of nitrogens with zero attached hydrogens (tertiary/aromatic N) is 2. The second-order valence-corrected chi connectivity index (χ2v) is 7.22. The van der Waals surface area contributed by atoms with Crippen molar-refractivity contribution in [1.82, 2.24) is 9.55 Å². The van der Waals surface area contributed by atoms with Gasteiger partial charge in [0.15, 0.2) is 5.78 Å². The van der Waals surface area contributed by atoms with Crippen LogP contribution in [0.1, 0.15) is 27.2 Å². The Morgan fingerprint density at radius 3 is 2.41 bits per heavy atom. The Balaban J connectivity index is 1.89. The predicted octanol–water partition coefficient (Wildman–Crippen LogP) is 4.78. The van der Waals surface area contributed by atoms with E-state index in [0.717, 1.165) is 11.3 Å². The number of hydrogen-bond donors (Lipinski definition) is 0. The minimum absolute atomic E-state index is 0.0487. The predicted molar refractivity (Wildman–Crippen MR) is 111 cm³/mol. The molecule has 0 aliphatic heterocycles. The molecule has 4 rings (SSSR count). The van der Waals surface area contributed by atoms with Gasteiger partial charge in [0.05, 0.1) is 10.9 Å². The summed E-state index contributed by atoms with van der Waals surface area (Å²) in [6, 6.07) is 15.9. The van der Waals surface area contributed by atoms with Gasteiger partial charge in [-0.1, -0.05) is 23.7 Å². The van der Waals surface area contributed by atoms with Gasteiger partial charge in [0.25, 0.3) is 0 Å². The fourth-order valence-corrected chi connectivity index (χ4v) is 3.31. The van der Waals surface area contributed by atoms with Crippen LogP contribution in [0.3, 0.4) is 0 Å². The number of fused-ring (bicyclic) bond motifs is 1. The van der Waals surface area contributed by atoms with E-state index in [0.29, 0.717) is 28.2 Å². The molecule has 0 unspecified atom stereocenters. The van der Waals surface area contributed by atoms with Crippen LogP contribution in [0.2, 0.25) is 5.02 Å². The van der Waals surface area contributed by atoms with Crippen LogP contribution in [0.25, 0.3) is 11.0 Å². The lowest BCUT2D eigenvalue weighted by molar-refractivity contribution is 0.103. The molecule has 0 spiro atoms. The summed E-state index contributed by atoms with van der Waals surface area (Å²) in [4.78, 5) is 30.5. The standard InChI is InChI=1S/C23H16ClFN2O2/c1-14-2-11-19-22(29)20(21(28)16-5-7-17(24)8-6-16)13-27(23(19)26-14)12-15-3-9-18(25)10-4-15/h2-11,13H,12H2,1H3. The Morgan fingerprint density at radius 2 is 1.72 bits per heavy atom. The second kappa shape index (κ2) is 7.60. The maximum absolute atomic E-state index is 13.3. The fourth-order valence-electron chi connectivity index (χ4n) is 3.19. The molecule has 6 heteroatoms. The third kappa shape index (κ3) is 3.82. The topological polar surface area (TPSA) is 52.0 Å². The molecule has 144 valence electrons. The average Bonchev–Trinajstić information content (AvgIpc) is 2.71. The van der Waals surface area contributed by atoms with E-state index in [-0.39, 0.29) is 22.6 Å². The second-order valence-electron chi connectivity index (χ2n) is 6.79.